The van der Waals surface area contributed by atoms with Crippen LogP contribution < -0.4 is 22.3 Å². The molecule has 0 aromatic carbocycles. The van der Waals surface area contributed by atoms with Crippen molar-refractivity contribution >= 4 is 11.5 Å². The van der Waals surface area contributed by atoms with E-state index < -0.39 is 11.2 Å². The molecule has 1 aromatic rings. The molecule has 19 heavy (non-hydrogen) atoms. The number of methoxy groups -OCH3 is 1. The molecule has 4 N–H and O–H groups in total. The Balaban J connectivity index is 2.27. The highest BCUT2D eigenvalue weighted by Gasteiger charge is 2.36. The minimum absolute atomic E-state index is 0.174. The van der Waals surface area contributed by atoms with Crippen molar-refractivity contribution < 1.29 is 4.74 Å². The number of aromatic nitrogens is 2. The van der Waals surface area contributed by atoms with E-state index in [0.29, 0.717) is 19.1 Å². The third kappa shape index (κ3) is 2.81. The van der Waals surface area contributed by atoms with Gasteiger partial charge in [0.05, 0.1) is 13.2 Å². The monoisotopic (exact) mass is 268 g/mol. The summed E-state index contributed by atoms with van der Waals surface area (Å²) in [5.41, 5.74) is 5.24. The molecule has 0 spiro atoms. The number of rotatable bonds is 6. The number of ether oxygens (including phenoxy) is 1. The van der Waals surface area contributed by atoms with E-state index >= 15 is 0 Å². The lowest BCUT2D eigenvalue weighted by Gasteiger charge is -2.13. The quantitative estimate of drug-likeness (QED) is 0.672. The second kappa shape index (κ2) is 5.48. The van der Waals surface area contributed by atoms with E-state index in [0.717, 1.165) is 12.8 Å². The molecule has 2 rings (SSSR count). The fraction of sp³-hybridized carbons (Fsp3) is 0.667. The molecule has 2 atom stereocenters. The Kier molecular flexibility index (Phi) is 3.94. The third-order valence-corrected chi connectivity index (χ3v) is 3.54. The predicted molar refractivity (Wildman–Crippen MR) is 73.4 cm³/mol. The third-order valence-electron chi connectivity index (χ3n) is 3.54. The molecule has 0 bridgehead atoms. The van der Waals surface area contributed by atoms with Crippen molar-refractivity contribution in [3.63, 3.8) is 0 Å². The van der Waals surface area contributed by atoms with Crippen LogP contribution in [-0.2, 0) is 11.3 Å². The topological polar surface area (TPSA) is 102 Å². The van der Waals surface area contributed by atoms with E-state index in [-0.39, 0.29) is 17.5 Å². The summed E-state index contributed by atoms with van der Waals surface area (Å²) < 4.78 is 6.24. The summed E-state index contributed by atoms with van der Waals surface area (Å²) >= 11 is 0. The van der Waals surface area contributed by atoms with Crippen LogP contribution in [0.25, 0.3) is 0 Å². The molecule has 1 saturated carbocycles. The molecule has 0 amide bonds. The maximum absolute atomic E-state index is 11.8. The Bertz CT molecular complexity index is 563. The maximum Gasteiger partial charge on any atom is 0.330 e. The average molecular weight is 268 g/mol. The van der Waals surface area contributed by atoms with Gasteiger partial charge in [-0.25, -0.2) is 4.79 Å². The molecule has 1 aliphatic rings. The largest absolute Gasteiger partial charge is 0.383 e. The lowest BCUT2D eigenvalue weighted by molar-refractivity contribution is 0.186. The van der Waals surface area contributed by atoms with Crippen LogP contribution >= 0.6 is 0 Å². The van der Waals surface area contributed by atoms with Gasteiger partial charge in [-0.2, -0.15) is 0 Å². The number of nitrogen functional groups attached to an aromatic ring is 1. The van der Waals surface area contributed by atoms with Crippen LogP contribution in [0.15, 0.2) is 9.59 Å². The molecule has 7 heteroatoms. The molecular formula is C12H20N4O3. The smallest absolute Gasteiger partial charge is 0.330 e. The van der Waals surface area contributed by atoms with Crippen LogP contribution in [0.4, 0.5) is 11.5 Å². The van der Waals surface area contributed by atoms with E-state index in [1.54, 1.807) is 7.11 Å². The standard InChI is InChI=1S/C12H20N4O3/c1-3-7-6-8(7)14-9-10(13)16(4-5-19-2)12(18)15-11(9)17/h7-8,14H,3-6,13H2,1-2H3,(H,15,17,18). The van der Waals surface area contributed by atoms with Crippen LogP contribution in [0.2, 0.25) is 0 Å². The molecule has 2 unspecified atom stereocenters. The molecular weight excluding hydrogens is 248 g/mol. The zero-order valence-electron chi connectivity index (χ0n) is 11.2. The van der Waals surface area contributed by atoms with Crippen molar-refractivity contribution in [2.75, 3.05) is 24.8 Å². The first-order valence-corrected chi connectivity index (χ1v) is 6.46. The summed E-state index contributed by atoms with van der Waals surface area (Å²) in [5.74, 6) is 0.755. The zero-order chi connectivity index (χ0) is 14.0. The van der Waals surface area contributed by atoms with E-state index in [1.807, 2.05) is 0 Å². The lowest BCUT2D eigenvalue weighted by atomic mass is 10.3. The van der Waals surface area contributed by atoms with Crippen LogP contribution in [0.3, 0.4) is 0 Å². The maximum atomic E-state index is 11.8. The van der Waals surface area contributed by atoms with Crippen LogP contribution in [0.5, 0.6) is 0 Å². The number of nitrogens with one attached hydrogen (secondary N) is 2. The summed E-state index contributed by atoms with van der Waals surface area (Å²) in [7, 11) is 1.54. The fourth-order valence-corrected chi connectivity index (χ4v) is 2.19. The zero-order valence-corrected chi connectivity index (χ0v) is 11.2. The van der Waals surface area contributed by atoms with Gasteiger partial charge in [-0.15, -0.1) is 0 Å². The minimum Gasteiger partial charge on any atom is -0.383 e. The first-order valence-electron chi connectivity index (χ1n) is 6.46. The van der Waals surface area contributed by atoms with E-state index in [9.17, 15) is 9.59 Å². The Hall–Kier alpha value is -1.76. The minimum atomic E-state index is -0.507. The summed E-state index contributed by atoms with van der Waals surface area (Å²) in [5, 5.41) is 3.13. The SMILES string of the molecule is CCC1CC1Nc1c(N)n(CCOC)c(=O)[nH]c1=O. The molecule has 0 saturated heterocycles. The van der Waals surface area contributed by atoms with E-state index in [2.05, 4.69) is 17.2 Å². The number of nitrogens with two attached hydrogens (primary N) is 1. The number of hydrogen-bond donors (Lipinski definition) is 3. The van der Waals surface area contributed by atoms with Crippen LogP contribution in [-0.4, -0.2) is 29.3 Å². The van der Waals surface area contributed by atoms with Gasteiger partial charge in [0.1, 0.15) is 11.5 Å². The average Bonchev–Trinajstić information content (AvgIpc) is 3.12. The molecule has 1 aliphatic carbocycles. The highest BCUT2D eigenvalue weighted by molar-refractivity contribution is 5.61. The first-order chi connectivity index (χ1) is 9.08. The Morgan fingerprint density at radius 2 is 2.26 bits per heavy atom. The first kappa shape index (κ1) is 13.7. The van der Waals surface area contributed by atoms with Crippen molar-refractivity contribution in [2.24, 2.45) is 5.92 Å². The number of anilines is 2. The lowest BCUT2D eigenvalue weighted by Crippen LogP contribution is -2.35. The number of aromatic amines is 1. The Morgan fingerprint density at radius 1 is 1.53 bits per heavy atom. The van der Waals surface area contributed by atoms with Gasteiger partial charge in [-0.05, 0) is 12.3 Å². The van der Waals surface area contributed by atoms with Crippen molar-refractivity contribution in [2.45, 2.75) is 32.4 Å². The van der Waals surface area contributed by atoms with Gasteiger partial charge in [0.25, 0.3) is 5.56 Å². The van der Waals surface area contributed by atoms with E-state index in [4.69, 9.17) is 10.5 Å². The van der Waals surface area contributed by atoms with Crippen molar-refractivity contribution in [3.8, 4) is 0 Å². The number of H-pyrrole nitrogens is 1. The van der Waals surface area contributed by atoms with E-state index in [1.165, 1.54) is 4.57 Å². The predicted octanol–water partition coefficient (Wildman–Crippen LogP) is -0.0244. The van der Waals surface area contributed by atoms with Gasteiger partial charge in [-0.1, -0.05) is 13.3 Å². The van der Waals surface area contributed by atoms with Crippen molar-refractivity contribution in [1.82, 2.24) is 9.55 Å². The Labute approximate surface area is 110 Å². The summed E-state index contributed by atoms with van der Waals surface area (Å²) in [6, 6.07) is 0.279. The number of nitrogens with zero attached hydrogens (tertiary/aromatic N) is 1. The molecule has 0 aliphatic heterocycles. The van der Waals surface area contributed by atoms with Crippen LogP contribution in [0.1, 0.15) is 19.8 Å². The second-order valence-corrected chi connectivity index (χ2v) is 4.82. The van der Waals surface area contributed by atoms with Crippen molar-refractivity contribution in [1.29, 1.82) is 0 Å². The molecule has 1 aromatic heterocycles. The van der Waals surface area contributed by atoms with Gasteiger partial charge in [-0.3, -0.25) is 14.3 Å². The summed E-state index contributed by atoms with van der Waals surface area (Å²) in [6.45, 7) is 2.78. The molecule has 1 fully saturated rings. The van der Waals surface area contributed by atoms with Gasteiger partial charge in [0.15, 0.2) is 0 Å². The molecule has 7 nitrogen and oxygen atoms in total. The highest BCUT2D eigenvalue weighted by Crippen LogP contribution is 2.36. The molecule has 106 valence electrons. The van der Waals surface area contributed by atoms with Gasteiger partial charge in [0.2, 0.25) is 0 Å². The summed E-state index contributed by atoms with van der Waals surface area (Å²) in [6.07, 6.45) is 2.10. The van der Waals surface area contributed by atoms with Crippen LogP contribution in [0, 0.1) is 5.92 Å². The van der Waals surface area contributed by atoms with Gasteiger partial charge >= 0.3 is 5.69 Å². The molecule has 0 radical (unpaired) electrons. The number of hydrogen-bond acceptors (Lipinski definition) is 5. The van der Waals surface area contributed by atoms with Gasteiger partial charge in [0, 0.05) is 13.2 Å². The van der Waals surface area contributed by atoms with Gasteiger partial charge < -0.3 is 15.8 Å². The van der Waals surface area contributed by atoms with Crippen molar-refractivity contribution in [3.05, 3.63) is 20.8 Å². The fourth-order valence-electron chi connectivity index (χ4n) is 2.19. The Morgan fingerprint density at radius 3 is 2.84 bits per heavy atom. The highest BCUT2D eigenvalue weighted by atomic mass is 16.5. The summed E-state index contributed by atoms with van der Waals surface area (Å²) in [4.78, 5) is 25.8. The normalized spacial score (nSPS) is 21.4. The molecule has 1 heterocycles. The second-order valence-electron chi connectivity index (χ2n) is 4.82.